The molecule has 0 N–H and O–H groups in total. The minimum atomic E-state index is -0.482. The molecule has 0 unspecified atom stereocenters. The fraction of sp³-hybridized carbons (Fsp3) is 0.0714. The van der Waals surface area contributed by atoms with E-state index >= 15 is 0 Å². The number of ether oxygens (including phenoxy) is 2. The highest BCUT2D eigenvalue weighted by atomic mass is 19.1. The van der Waals surface area contributed by atoms with Crippen LogP contribution in [0.1, 0.15) is 10.4 Å². The first-order valence-corrected chi connectivity index (χ1v) is 5.30. The third-order valence-corrected chi connectivity index (χ3v) is 2.39. The van der Waals surface area contributed by atoms with Crippen molar-refractivity contribution in [3.8, 4) is 17.2 Å². The quantitative estimate of drug-likeness (QED) is 0.775. The number of methoxy groups -OCH3 is 1. The van der Waals surface area contributed by atoms with Gasteiger partial charge in [0.2, 0.25) is 0 Å². The molecule has 0 aliphatic carbocycles. The highest BCUT2D eigenvalue weighted by Crippen LogP contribution is 2.32. The zero-order valence-corrected chi connectivity index (χ0v) is 9.72. The summed E-state index contributed by atoms with van der Waals surface area (Å²) in [5, 5.41) is 0. The fourth-order valence-corrected chi connectivity index (χ4v) is 1.53. The second-order valence-corrected chi connectivity index (χ2v) is 3.55. The number of hydrogen-bond donors (Lipinski definition) is 0. The Balaban J connectivity index is 2.36. The zero-order valence-electron chi connectivity index (χ0n) is 9.72. The summed E-state index contributed by atoms with van der Waals surface area (Å²) in [6.45, 7) is 0. The predicted molar refractivity (Wildman–Crippen MR) is 64.9 cm³/mol. The lowest BCUT2D eigenvalue weighted by Gasteiger charge is -2.11. The van der Waals surface area contributed by atoms with E-state index in [0.29, 0.717) is 17.8 Å². The van der Waals surface area contributed by atoms with Crippen LogP contribution in [0.5, 0.6) is 17.2 Å². The van der Waals surface area contributed by atoms with Crippen LogP contribution in [0.25, 0.3) is 0 Å². The van der Waals surface area contributed by atoms with Crippen molar-refractivity contribution in [2.24, 2.45) is 0 Å². The number of carbonyl (C=O) groups is 1. The first-order valence-electron chi connectivity index (χ1n) is 5.30. The molecule has 0 aromatic heterocycles. The number of rotatable bonds is 4. The van der Waals surface area contributed by atoms with Crippen LogP contribution in [-0.4, -0.2) is 13.4 Å². The van der Waals surface area contributed by atoms with E-state index in [1.807, 2.05) is 0 Å². The molecular formula is C14H11FO3. The average Bonchev–Trinajstić information content (AvgIpc) is 2.41. The van der Waals surface area contributed by atoms with Crippen molar-refractivity contribution < 1.29 is 18.7 Å². The van der Waals surface area contributed by atoms with Crippen molar-refractivity contribution >= 4 is 6.29 Å². The molecule has 0 aliphatic heterocycles. The summed E-state index contributed by atoms with van der Waals surface area (Å²) in [6.07, 6.45) is 0.549. The van der Waals surface area contributed by atoms with Crippen LogP contribution in [0.15, 0.2) is 42.5 Å². The third kappa shape index (κ3) is 2.48. The summed E-state index contributed by atoms with van der Waals surface area (Å²) < 4.78 is 23.7. The molecule has 18 heavy (non-hydrogen) atoms. The highest BCUT2D eigenvalue weighted by molar-refractivity contribution is 5.79. The van der Waals surface area contributed by atoms with Gasteiger partial charge in [0.1, 0.15) is 11.6 Å². The fourth-order valence-electron chi connectivity index (χ4n) is 1.53. The Morgan fingerprint density at radius 2 is 1.78 bits per heavy atom. The molecule has 0 aliphatic rings. The van der Waals surface area contributed by atoms with Crippen molar-refractivity contribution in [3.63, 3.8) is 0 Å². The molecule has 0 radical (unpaired) electrons. The van der Waals surface area contributed by atoms with Gasteiger partial charge in [-0.15, -0.1) is 0 Å². The Bertz CT molecular complexity index is 567. The minimum Gasteiger partial charge on any atom is -0.493 e. The summed E-state index contributed by atoms with van der Waals surface area (Å²) in [5.74, 6) is 0.814. The van der Waals surface area contributed by atoms with E-state index in [-0.39, 0.29) is 11.3 Å². The molecule has 0 fully saturated rings. The Morgan fingerprint density at radius 3 is 2.44 bits per heavy atom. The average molecular weight is 246 g/mol. The zero-order chi connectivity index (χ0) is 13.0. The maximum absolute atomic E-state index is 13.0. The van der Waals surface area contributed by atoms with Crippen LogP contribution in [0.3, 0.4) is 0 Å². The van der Waals surface area contributed by atoms with Gasteiger partial charge in [-0.3, -0.25) is 4.79 Å². The monoisotopic (exact) mass is 246 g/mol. The molecule has 92 valence electrons. The predicted octanol–water partition coefficient (Wildman–Crippen LogP) is 3.44. The maximum atomic E-state index is 13.0. The van der Waals surface area contributed by atoms with E-state index in [9.17, 15) is 9.18 Å². The second kappa shape index (κ2) is 5.31. The summed E-state index contributed by atoms with van der Waals surface area (Å²) >= 11 is 0. The van der Waals surface area contributed by atoms with Crippen LogP contribution in [0.2, 0.25) is 0 Å². The van der Waals surface area contributed by atoms with Gasteiger partial charge in [-0.25, -0.2) is 4.39 Å². The Labute approximate surface area is 104 Å². The van der Waals surface area contributed by atoms with E-state index in [4.69, 9.17) is 9.47 Å². The van der Waals surface area contributed by atoms with E-state index < -0.39 is 5.82 Å². The summed E-state index contributed by atoms with van der Waals surface area (Å²) in [4.78, 5) is 10.8. The van der Waals surface area contributed by atoms with Crippen LogP contribution in [0, 0.1) is 5.82 Å². The van der Waals surface area contributed by atoms with Gasteiger partial charge in [0.25, 0.3) is 0 Å². The van der Waals surface area contributed by atoms with Gasteiger partial charge in [-0.05, 0) is 30.3 Å². The van der Waals surface area contributed by atoms with Gasteiger partial charge in [-0.2, -0.15) is 0 Å². The van der Waals surface area contributed by atoms with E-state index in [0.717, 1.165) is 6.07 Å². The van der Waals surface area contributed by atoms with Crippen LogP contribution in [0.4, 0.5) is 4.39 Å². The number of hydrogen-bond acceptors (Lipinski definition) is 3. The van der Waals surface area contributed by atoms with Crippen LogP contribution >= 0.6 is 0 Å². The number of aldehydes is 1. The van der Waals surface area contributed by atoms with Crippen LogP contribution in [-0.2, 0) is 0 Å². The molecular weight excluding hydrogens is 235 g/mol. The Morgan fingerprint density at radius 1 is 1.06 bits per heavy atom. The molecule has 0 saturated carbocycles. The molecule has 2 aromatic rings. The van der Waals surface area contributed by atoms with Gasteiger partial charge in [0.05, 0.1) is 12.7 Å². The largest absolute Gasteiger partial charge is 0.493 e. The highest BCUT2D eigenvalue weighted by Gasteiger charge is 2.09. The molecule has 0 atom stereocenters. The Kier molecular flexibility index (Phi) is 3.57. The lowest BCUT2D eigenvalue weighted by Crippen LogP contribution is -1.94. The Hall–Kier alpha value is -2.36. The van der Waals surface area contributed by atoms with Crippen LogP contribution < -0.4 is 9.47 Å². The van der Waals surface area contributed by atoms with Crippen molar-refractivity contribution in [2.45, 2.75) is 0 Å². The molecule has 0 amide bonds. The first-order chi connectivity index (χ1) is 8.74. The number of halogens is 1. The topological polar surface area (TPSA) is 35.5 Å². The molecule has 0 spiro atoms. The first kappa shape index (κ1) is 12.1. The van der Waals surface area contributed by atoms with Gasteiger partial charge < -0.3 is 9.47 Å². The molecule has 2 aromatic carbocycles. The molecule has 4 heteroatoms. The van der Waals surface area contributed by atoms with Gasteiger partial charge in [0, 0.05) is 0 Å². The lowest BCUT2D eigenvalue weighted by atomic mass is 10.2. The van der Waals surface area contributed by atoms with Gasteiger partial charge >= 0.3 is 0 Å². The normalized spacial score (nSPS) is 9.89. The van der Waals surface area contributed by atoms with Crippen molar-refractivity contribution in [3.05, 3.63) is 53.8 Å². The van der Waals surface area contributed by atoms with E-state index in [2.05, 4.69) is 0 Å². The van der Waals surface area contributed by atoms with Crippen molar-refractivity contribution in [2.75, 3.05) is 7.11 Å². The standard InChI is InChI=1S/C14H11FO3/c1-17-13-4-2-3-5-14(13)18-12-7-6-11(15)8-10(12)9-16/h2-9H,1H3. The molecule has 0 bridgehead atoms. The van der Waals surface area contributed by atoms with Gasteiger partial charge in [-0.1, -0.05) is 12.1 Å². The number of benzene rings is 2. The van der Waals surface area contributed by atoms with Crippen molar-refractivity contribution in [1.29, 1.82) is 0 Å². The number of para-hydroxylation sites is 2. The molecule has 3 nitrogen and oxygen atoms in total. The summed E-state index contributed by atoms with van der Waals surface area (Å²) in [5.41, 5.74) is 0.154. The lowest BCUT2D eigenvalue weighted by molar-refractivity contribution is 0.112. The van der Waals surface area contributed by atoms with Gasteiger partial charge in [0.15, 0.2) is 17.8 Å². The number of carbonyl (C=O) groups excluding carboxylic acids is 1. The second-order valence-electron chi connectivity index (χ2n) is 3.55. The smallest absolute Gasteiger partial charge is 0.169 e. The van der Waals surface area contributed by atoms with Crippen molar-refractivity contribution in [1.82, 2.24) is 0 Å². The molecule has 0 heterocycles. The molecule has 2 rings (SSSR count). The minimum absolute atomic E-state index is 0.154. The van der Waals surface area contributed by atoms with E-state index in [1.165, 1.54) is 19.2 Å². The van der Waals surface area contributed by atoms with E-state index in [1.54, 1.807) is 24.3 Å². The summed E-state index contributed by atoms with van der Waals surface area (Å²) in [7, 11) is 1.52. The third-order valence-electron chi connectivity index (χ3n) is 2.39. The maximum Gasteiger partial charge on any atom is 0.169 e. The molecule has 0 saturated heterocycles. The summed E-state index contributed by atoms with van der Waals surface area (Å²) in [6, 6.07) is 10.8. The SMILES string of the molecule is COc1ccccc1Oc1ccc(F)cc1C=O.